The maximum absolute atomic E-state index is 10.6. The topological polar surface area (TPSA) is 83.5 Å². The molecule has 0 aromatic heterocycles. The Labute approximate surface area is 71.8 Å². The molecule has 5 nitrogen and oxygen atoms in total. The van der Waals surface area contributed by atoms with Crippen LogP contribution in [0, 0.1) is 5.92 Å². The first-order valence-corrected chi connectivity index (χ1v) is 5.43. The van der Waals surface area contributed by atoms with Gasteiger partial charge in [-0.3, -0.25) is 4.79 Å². The number of sulfonamides is 1. The molecule has 0 rings (SSSR count). The summed E-state index contributed by atoms with van der Waals surface area (Å²) in [5.41, 5.74) is 0. The lowest BCUT2D eigenvalue weighted by Gasteiger charge is -2.08. The molecule has 1 unspecified atom stereocenters. The van der Waals surface area contributed by atoms with Gasteiger partial charge in [0.15, 0.2) is 0 Å². The fourth-order valence-corrected chi connectivity index (χ4v) is 1.16. The first-order chi connectivity index (χ1) is 5.37. The molecular weight excluding hydrogens is 182 g/mol. The molecule has 0 aromatic carbocycles. The zero-order valence-electron chi connectivity index (χ0n) is 7.07. The van der Waals surface area contributed by atoms with Crippen molar-refractivity contribution in [1.82, 2.24) is 4.72 Å². The molecule has 0 saturated heterocycles. The second kappa shape index (κ2) is 4.42. The molecule has 72 valence electrons. The number of rotatable bonds is 5. The highest BCUT2D eigenvalue weighted by Crippen LogP contribution is 2.00. The van der Waals surface area contributed by atoms with Crippen LogP contribution in [0.4, 0.5) is 0 Å². The molecule has 1 atom stereocenters. The van der Waals surface area contributed by atoms with E-state index in [-0.39, 0.29) is 6.54 Å². The highest BCUT2D eigenvalue weighted by atomic mass is 32.2. The monoisotopic (exact) mass is 195 g/mol. The van der Waals surface area contributed by atoms with E-state index in [1.54, 1.807) is 6.92 Å². The number of aliphatic carboxylic acids is 1. The van der Waals surface area contributed by atoms with E-state index in [1.165, 1.54) is 0 Å². The molecule has 0 aliphatic heterocycles. The number of nitrogens with one attached hydrogen (secondary N) is 1. The van der Waals surface area contributed by atoms with Gasteiger partial charge in [0.25, 0.3) is 0 Å². The minimum absolute atomic E-state index is 0.0370. The fourth-order valence-electron chi connectivity index (χ4n) is 0.658. The van der Waals surface area contributed by atoms with Crippen LogP contribution in [-0.2, 0) is 14.8 Å². The van der Waals surface area contributed by atoms with E-state index < -0.39 is 21.9 Å². The average Bonchev–Trinajstić information content (AvgIpc) is 1.85. The number of carbonyl (C=O) groups is 1. The van der Waals surface area contributed by atoms with Gasteiger partial charge in [0.05, 0.1) is 12.2 Å². The maximum atomic E-state index is 10.6. The largest absolute Gasteiger partial charge is 0.481 e. The van der Waals surface area contributed by atoms with Crippen LogP contribution in [0.15, 0.2) is 0 Å². The van der Waals surface area contributed by atoms with Crippen molar-refractivity contribution < 1.29 is 18.3 Å². The van der Waals surface area contributed by atoms with Crippen molar-refractivity contribution in [3.8, 4) is 0 Å². The van der Waals surface area contributed by atoms with Crippen LogP contribution in [-0.4, -0.2) is 32.3 Å². The van der Waals surface area contributed by atoms with Crippen LogP contribution in [0.3, 0.4) is 0 Å². The Bertz CT molecular complexity index is 246. The van der Waals surface area contributed by atoms with Crippen LogP contribution in [0.2, 0.25) is 0 Å². The lowest BCUT2D eigenvalue weighted by atomic mass is 10.1. The SMILES string of the molecule is CCC(CNS(C)(=O)=O)C(=O)O. The third kappa shape index (κ3) is 5.09. The highest BCUT2D eigenvalue weighted by molar-refractivity contribution is 7.88. The molecule has 0 amide bonds. The van der Waals surface area contributed by atoms with Gasteiger partial charge >= 0.3 is 5.97 Å². The predicted octanol–water partition coefficient (Wildman–Crippen LogP) is -0.354. The molecule has 0 fully saturated rings. The van der Waals surface area contributed by atoms with Crippen molar-refractivity contribution in [2.75, 3.05) is 12.8 Å². The molecule has 6 heteroatoms. The van der Waals surface area contributed by atoms with E-state index >= 15 is 0 Å². The van der Waals surface area contributed by atoms with Crippen molar-refractivity contribution in [1.29, 1.82) is 0 Å². The van der Waals surface area contributed by atoms with Gasteiger partial charge in [-0.25, -0.2) is 13.1 Å². The zero-order chi connectivity index (χ0) is 9.78. The summed E-state index contributed by atoms with van der Waals surface area (Å²) in [5, 5.41) is 8.54. The summed E-state index contributed by atoms with van der Waals surface area (Å²) < 4.78 is 23.3. The number of hydrogen-bond donors (Lipinski definition) is 2. The lowest BCUT2D eigenvalue weighted by molar-refractivity contribution is -0.141. The van der Waals surface area contributed by atoms with Crippen molar-refractivity contribution in [3.05, 3.63) is 0 Å². The van der Waals surface area contributed by atoms with Gasteiger partial charge in [-0.2, -0.15) is 0 Å². The minimum Gasteiger partial charge on any atom is -0.481 e. The van der Waals surface area contributed by atoms with E-state index in [1.807, 2.05) is 0 Å². The van der Waals surface area contributed by atoms with Gasteiger partial charge in [-0.1, -0.05) is 6.92 Å². The summed E-state index contributed by atoms with van der Waals surface area (Å²) in [6.07, 6.45) is 1.42. The van der Waals surface area contributed by atoms with Gasteiger partial charge in [0.1, 0.15) is 0 Å². The number of hydrogen-bond acceptors (Lipinski definition) is 3. The van der Waals surface area contributed by atoms with Gasteiger partial charge < -0.3 is 5.11 Å². The van der Waals surface area contributed by atoms with E-state index in [2.05, 4.69) is 4.72 Å². The smallest absolute Gasteiger partial charge is 0.307 e. The Morgan fingerprint density at radius 1 is 1.58 bits per heavy atom. The Kier molecular flexibility index (Phi) is 4.19. The van der Waals surface area contributed by atoms with Crippen LogP contribution < -0.4 is 4.72 Å². The fraction of sp³-hybridized carbons (Fsp3) is 0.833. The lowest BCUT2D eigenvalue weighted by Crippen LogP contribution is -2.31. The Morgan fingerprint density at radius 2 is 2.08 bits per heavy atom. The van der Waals surface area contributed by atoms with Crippen molar-refractivity contribution >= 4 is 16.0 Å². The second-order valence-electron chi connectivity index (χ2n) is 2.56. The van der Waals surface area contributed by atoms with E-state index in [4.69, 9.17) is 5.11 Å². The molecule has 2 N–H and O–H groups in total. The molecule has 0 bridgehead atoms. The summed E-state index contributed by atoms with van der Waals surface area (Å²) in [5.74, 6) is -1.62. The van der Waals surface area contributed by atoms with Crippen LogP contribution in [0.1, 0.15) is 13.3 Å². The summed E-state index contributed by atoms with van der Waals surface area (Å²) >= 11 is 0. The quantitative estimate of drug-likeness (QED) is 0.628. The van der Waals surface area contributed by atoms with Crippen LogP contribution in [0.5, 0.6) is 0 Å². The maximum Gasteiger partial charge on any atom is 0.307 e. The van der Waals surface area contributed by atoms with Crippen LogP contribution in [0.25, 0.3) is 0 Å². The summed E-state index contributed by atoms with van der Waals surface area (Å²) in [7, 11) is -3.28. The third-order valence-electron chi connectivity index (χ3n) is 1.43. The predicted molar refractivity (Wildman–Crippen MR) is 44.3 cm³/mol. The van der Waals surface area contributed by atoms with Crippen molar-refractivity contribution in [3.63, 3.8) is 0 Å². The first-order valence-electron chi connectivity index (χ1n) is 3.54. The first kappa shape index (κ1) is 11.4. The summed E-state index contributed by atoms with van der Waals surface area (Å²) in [4.78, 5) is 10.4. The number of carboxylic acid groups (broad SMARTS) is 1. The molecule has 0 spiro atoms. The van der Waals surface area contributed by atoms with Gasteiger partial charge in [-0.15, -0.1) is 0 Å². The Morgan fingerprint density at radius 3 is 2.33 bits per heavy atom. The molecule has 0 aliphatic rings. The van der Waals surface area contributed by atoms with Crippen LogP contribution >= 0.6 is 0 Å². The standard InChI is InChI=1S/C6H13NO4S/c1-3-5(6(8)9)4-7-12(2,10)11/h5,7H,3-4H2,1-2H3,(H,8,9). The highest BCUT2D eigenvalue weighted by Gasteiger charge is 2.16. The molecule has 0 aliphatic carbocycles. The molecule has 0 aromatic rings. The zero-order valence-corrected chi connectivity index (χ0v) is 7.89. The molecular formula is C6H13NO4S. The molecule has 12 heavy (non-hydrogen) atoms. The molecule has 0 saturated carbocycles. The van der Waals surface area contributed by atoms with Gasteiger partial charge in [-0.05, 0) is 6.42 Å². The van der Waals surface area contributed by atoms with E-state index in [0.29, 0.717) is 6.42 Å². The van der Waals surface area contributed by atoms with E-state index in [0.717, 1.165) is 6.26 Å². The van der Waals surface area contributed by atoms with Gasteiger partial charge in [0, 0.05) is 6.54 Å². The van der Waals surface area contributed by atoms with E-state index in [9.17, 15) is 13.2 Å². The third-order valence-corrected chi connectivity index (χ3v) is 2.13. The minimum atomic E-state index is -3.28. The molecule has 0 radical (unpaired) electrons. The Hall–Kier alpha value is -0.620. The second-order valence-corrected chi connectivity index (χ2v) is 4.40. The van der Waals surface area contributed by atoms with Crippen molar-refractivity contribution in [2.24, 2.45) is 5.92 Å². The summed E-state index contributed by atoms with van der Waals surface area (Å²) in [6, 6.07) is 0. The number of carboxylic acids is 1. The Balaban J connectivity index is 3.98. The normalized spacial score (nSPS) is 14.2. The summed E-state index contributed by atoms with van der Waals surface area (Å²) in [6.45, 7) is 1.66. The average molecular weight is 195 g/mol. The van der Waals surface area contributed by atoms with Crippen molar-refractivity contribution in [2.45, 2.75) is 13.3 Å². The van der Waals surface area contributed by atoms with Gasteiger partial charge in [0.2, 0.25) is 10.0 Å². The molecule has 0 heterocycles.